The van der Waals surface area contributed by atoms with E-state index in [4.69, 9.17) is 34.8 Å². The van der Waals surface area contributed by atoms with Gasteiger partial charge in [-0.15, -0.1) is 0 Å². The maximum atomic E-state index is 14.0. The van der Waals surface area contributed by atoms with E-state index >= 15 is 0 Å². The first-order valence-corrected chi connectivity index (χ1v) is 6.73. The molecular formula is C14H11Cl3FN. The lowest BCUT2D eigenvalue weighted by atomic mass is 9.98. The zero-order valence-electron chi connectivity index (χ0n) is 10.1. The molecule has 0 spiro atoms. The number of benzene rings is 2. The smallest absolute Gasteiger partial charge is 0.129 e. The minimum absolute atomic E-state index is 0.355. The summed E-state index contributed by atoms with van der Waals surface area (Å²) in [6, 6.07) is 9.27. The Labute approximate surface area is 126 Å². The fourth-order valence-corrected chi connectivity index (χ4v) is 2.52. The molecule has 0 aliphatic rings. The van der Waals surface area contributed by atoms with Crippen LogP contribution in [0.4, 0.5) is 4.39 Å². The molecule has 1 atom stereocenters. The fraction of sp³-hybridized carbons (Fsp3) is 0.143. The molecular weight excluding hydrogens is 308 g/mol. The van der Waals surface area contributed by atoms with Crippen LogP contribution in [0.5, 0.6) is 0 Å². The van der Waals surface area contributed by atoms with Gasteiger partial charge in [0, 0.05) is 20.6 Å². The predicted molar refractivity (Wildman–Crippen MR) is 78.8 cm³/mol. The van der Waals surface area contributed by atoms with Crippen molar-refractivity contribution in [2.45, 2.75) is 6.04 Å². The number of hydrogen-bond acceptors (Lipinski definition) is 1. The van der Waals surface area contributed by atoms with Crippen LogP contribution in [-0.2, 0) is 0 Å². The van der Waals surface area contributed by atoms with Gasteiger partial charge in [0.15, 0.2) is 0 Å². The molecule has 0 saturated heterocycles. The van der Waals surface area contributed by atoms with E-state index in [1.807, 2.05) is 0 Å². The van der Waals surface area contributed by atoms with Gasteiger partial charge in [-0.05, 0) is 42.9 Å². The highest BCUT2D eigenvalue weighted by Crippen LogP contribution is 2.32. The standard InChI is InChI=1S/C14H11Cl3FN/c1-19-14(10-4-2-9(16)7-13(10)18)11-6-8(15)3-5-12(11)17/h2-7,14,19H,1H3. The third-order valence-corrected chi connectivity index (χ3v) is 3.65. The van der Waals surface area contributed by atoms with E-state index in [9.17, 15) is 4.39 Å². The van der Waals surface area contributed by atoms with Crippen molar-refractivity contribution in [1.82, 2.24) is 5.32 Å². The molecule has 0 saturated carbocycles. The molecule has 0 aromatic heterocycles. The number of rotatable bonds is 3. The molecule has 0 fully saturated rings. The van der Waals surface area contributed by atoms with E-state index in [1.54, 1.807) is 37.4 Å². The minimum atomic E-state index is -0.386. The van der Waals surface area contributed by atoms with Crippen molar-refractivity contribution in [3.8, 4) is 0 Å². The molecule has 2 aromatic carbocycles. The minimum Gasteiger partial charge on any atom is -0.309 e. The van der Waals surface area contributed by atoms with E-state index < -0.39 is 0 Å². The predicted octanol–water partition coefficient (Wildman–Crippen LogP) is 5.09. The molecule has 100 valence electrons. The van der Waals surface area contributed by atoms with Gasteiger partial charge in [0.05, 0.1) is 6.04 Å². The van der Waals surface area contributed by atoms with Gasteiger partial charge in [-0.2, -0.15) is 0 Å². The highest BCUT2D eigenvalue weighted by molar-refractivity contribution is 6.33. The number of hydrogen-bond donors (Lipinski definition) is 1. The maximum absolute atomic E-state index is 14.0. The third kappa shape index (κ3) is 3.21. The third-order valence-electron chi connectivity index (χ3n) is 2.83. The Balaban J connectivity index is 2.52. The largest absolute Gasteiger partial charge is 0.309 e. The highest BCUT2D eigenvalue weighted by atomic mass is 35.5. The molecule has 0 radical (unpaired) electrons. The summed E-state index contributed by atoms with van der Waals surface area (Å²) < 4.78 is 14.0. The van der Waals surface area contributed by atoms with Gasteiger partial charge < -0.3 is 5.32 Å². The summed E-state index contributed by atoms with van der Waals surface area (Å²) in [6.07, 6.45) is 0. The monoisotopic (exact) mass is 317 g/mol. The topological polar surface area (TPSA) is 12.0 Å². The first kappa shape index (κ1) is 14.6. The Kier molecular flexibility index (Phi) is 4.69. The molecule has 1 unspecified atom stereocenters. The number of halogens is 4. The SMILES string of the molecule is CNC(c1ccc(Cl)cc1F)c1cc(Cl)ccc1Cl. The summed E-state index contributed by atoms with van der Waals surface area (Å²) in [6.45, 7) is 0. The molecule has 5 heteroatoms. The molecule has 1 nitrogen and oxygen atoms in total. The second-order valence-electron chi connectivity index (χ2n) is 4.05. The van der Waals surface area contributed by atoms with E-state index in [0.29, 0.717) is 20.6 Å². The average Bonchev–Trinajstić information content (AvgIpc) is 2.36. The zero-order chi connectivity index (χ0) is 14.0. The molecule has 19 heavy (non-hydrogen) atoms. The van der Waals surface area contributed by atoms with Crippen molar-refractivity contribution < 1.29 is 4.39 Å². The second kappa shape index (κ2) is 6.10. The molecule has 2 rings (SSSR count). The molecule has 0 heterocycles. The van der Waals surface area contributed by atoms with Crippen molar-refractivity contribution in [2.75, 3.05) is 7.05 Å². The van der Waals surface area contributed by atoms with E-state index in [2.05, 4.69) is 5.32 Å². The zero-order valence-corrected chi connectivity index (χ0v) is 12.3. The van der Waals surface area contributed by atoms with Crippen LogP contribution in [0.3, 0.4) is 0 Å². The highest BCUT2D eigenvalue weighted by Gasteiger charge is 2.19. The van der Waals surface area contributed by atoms with Gasteiger partial charge >= 0.3 is 0 Å². The van der Waals surface area contributed by atoms with Crippen LogP contribution in [-0.4, -0.2) is 7.05 Å². The van der Waals surface area contributed by atoms with Crippen LogP contribution in [0, 0.1) is 5.82 Å². The van der Waals surface area contributed by atoms with Gasteiger partial charge in [-0.1, -0.05) is 40.9 Å². The van der Waals surface area contributed by atoms with Gasteiger partial charge in [-0.25, -0.2) is 4.39 Å². The summed E-state index contributed by atoms with van der Waals surface area (Å²) in [4.78, 5) is 0. The molecule has 0 amide bonds. The summed E-state index contributed by atoms with van der Waals surface area (Å²) in [7, 11) is 1.73. The van der Waals surface area contributed by atoms with Crippen LogP contribution >= 0.6 is 34.8 Å². The first-order valence-electron chi connectivity index (χ1n) is 5.60. The lowest BCUT2D eigenvalue weighted by molar-refractivity contribution is 0.576. The molecule has 0 bridgehead atoms. The van der Waals surface area contributed by atoms with E-state index in [-0.39, 0.29) is 11.9 Å². The summed E-state index contributed by atoms with van der Waals surface area (Å²) in [5.74, 6) is -0.386. The lowest BCUT2D eigenvalue weighted by Crippen LogP contribution is -2.19. The number of nitrogens with one attached hydrogen (secondary N) is 1. The normalized spacial score (nSPS) is 12.5. The summed E-state index contributed by atoms with van der Waals surface area (Å²) >= 11 is 17.9. The Morgan fingerprint density at radius 1 is 0.947 bits per heavy atom. The lowest BCUT2D eigenvalue weighted by Gasteiger charge is -2.19. The summed E-state index contributed by atoms with van der Waals surface area (Å²) in [5.41, 5.74) is 1.19. The Hall–Kier alpha value is -0.800. The quantitative estimate of drug-likeness (QED) is 0.830. The van der Waals surface area contributed by atoms with Crippen LogP contribution < -0.4 is 5.32 Å². The molecule has 0 aliphatic heterocycles. The van der Waals surface area contributed by atoms with Gasteiger partial charge in [0.1, 0.15) is 5.82 Å². The Morgan fingerprint density at radius 2 is 1.58 bits per heavy atom. The van der Waals surface area contributed by atoms with E-state index in [0.717, 1.165) is 5.56 Å². The van der Waals surface area contributed by atoms with Gasteiger partial charge in [0.25, 0.3) is 0 Å². The van der Waals surface area contributed by atoms with Crippen LogP contribution in [0.15, 0.2) is 36.4 Å². The van der Waals surface area contributed by atoms with Crippen molar-refractivity contribution in [3.63, 3.8) is 0 Å². The van der Waals surface area contributed by atoms with Crippen molar-refractivity contribution in [1.29, 1.82) is 0 Å². The molecule has 1 N–H and O–H groups in total. The molecule has 0 aliphatic carbocycles. The Bertz CT molecular complexity index is 601. The maximum Gasteiger partial charge on any atom is 0.129 e. The van der Waals surface area contributed by atoms with E-state index in [1.165, 1.54) is 6.07 Å². The van der Waals surface area contributed by atoms with Crippen LogP contribution in [0.1, 0.15) is 17.2 Å². The van der Waals surface area contributed by atoms with Crippen LogP contribution in [0.25, 0.3) is 0 Å². The van der Waals surface area contributed by atoms with Gasteiger partial charge in [0.2, 0.25) is 0 Å². The van der Waals surface area contributed by atoms with Crippen molar-refractivity contribution in [2.24, 2.45) is 0 Å². The second-order valence-corrected chi connectivity index (χ2v) is 5.33. The summed E-state index contributed by atoms with van der Waals surface area (Å²) in [5, 5.41) is 4.47. The van der Waals surface area contributed by atoms with Gasteiger partial charge in [-0.3, -0.25) is 0 Å². The first-order chi connectivity index (χ1) is 9.02. The fourth-order valence-electron chi connectivity index (χ4n) is 1.95. The van der Waals surface area contributed by atoms with Crippen molar-refractivity contribution in [3.05, 3.63) is 68.4 Å². The van der Waals surface area contributed by atoms with Crippen LogP contribution in [0.2, 0.25) is 15.1 Å². The van der Waals surface area contributed by atoms with Crippen molar-refractivity contribution >= 4 is 34.8 Å². The average molecular weight is 319 g/mol. The Morgan fingerprint density at radius 3 is 2.21 bits per heavy atom. The molecule has 2 aromatic rings.